The Balaban J connectivity index is 2.25. The molecule has 0 saturated heterocycles. The van der Waals surface area contributed by atoms with E-state index in [0.29, 0.717) is 5.56 Å². The molecule has 5 nitrogen and oxygen atoms in total. The van der Waals surface area contributed by atoms with Gasteiger partial charge in [0.1, 0.15) is 6.61 Å². The molecule has 0 aromatic heterocycles. The summed E-state index contributed by atoms with van der Waals surface area (Å²) in [6.07, 6.45) is -4.58. The van der Waals surface area contributed by atoms with E-state index in [1.54, 1.807) is 0 Å². The molecule has 0 aliphatic heterocycles. The Morgan fingerprint density at radius 2 is 1.80 bits per heavy atom. The number of rotatable bonds is 4. The monoisotopic (exact) mass is 373 g/mol. The minimum Gasteiger partial charge on any atom is -0.457 e. The van der Waals surface area contributed by atoms with Crippen molar-refractivity contribution in [1.29, 1.82) is 0 Å². The summed E-state index contributed by atoms with van der Waals surface area (Å²) >= 11 is 0. The molecule has 0 bridgehead atoms. The predicted octanol–water partition coefficient (Wildman–Crippen LogP) is 3.02. The summed E-state index contributed by atoms with van der Waals surface area (Å²) in [7, 11) is -4.03. The van der Waals surface area contributed by atoms with E-state index < -0.39 is 34.3 Å². The molecule has 9 heteroatoms. The molecule has 0 aliphatic rings. The van der Waals surface area contributed by atoms with E-state index in [-0.39, 0.29) is 16.0 Å². The highest BCUT2D eigenvalue weighted by atomic mass is 32.2. The largest absolute Gasteiger partial charge is 0.457 e. The van der Waals surface area contributed by atoms with E-state index in [2.05, 4.69) is 0 Å². The second-order valence-electron chi connectivity index (χ2n) is 5.25. The summed E-state index contributed by atoms with van der Waals surface area (Å²) in [5, 5.41) is 5.00. The molecule has 2 N–H and O–H groups in total. The maximum Gasteiger partial charge on any atom is 0.416 e. The van der Waals surface area contributed by atoms with Crippen LogP contribution in [-0.4, -0.2) is 14.4 Å². The standard InChI is InChI=1S/C16H14F3NO4S/c1-10-6-7-12(25(20,22)23)8-13(10)15(21)24-9-11-4-2-3-5-14(11)16(17,18)19/h2-8H,9H2,1H3,(H2,20,22,23). The minimum absolute atomic E-state index is 0.0870. The van der Waals surface area contributed by atoms with Gasteiger partial charge in [-0.15, -0.1) is 0 Å². The fraction of sp³-hybridized carbons (Fsp3) is 0.188. The average Bonchev–Trinajstić information content (AvgIpc) is 2.51. The van der Waals surface area contributed by atoms with E-state index in [9.17, 15) is 26.4 Å². The van der Waals surface area contributed by atoms with Gasteiger partial charge >= 0.3 is 12.1 Å². The van der Waals surface area contributed by atoms with Gasteiger partial charge < -0.3 is 4.74 Å². The number of sulfonamides is 1. The third-order valence-electron chi connectivity index (χ3n) is 3.44. The zero-order valence-corrected chi connectivity index (χ0v) is 13.8. The van der Waals surface area contributed by atoms with Crippen LogP contribution in [0.5, 0.6) is 0 Å². The van der Waals surface area contributed by atoms with Gasteiger partial charge in [-0.05, 0) is 30.7 Å². The number of carbonyl (C=O) groups excluding carboxylic acids is 1. The van der Waals surface area contributed by atoms with Gasteiger partial charge in [-0.2, -0.15) is 13.2 Å². The molecule has 2 rings (SSSR count). The number of benzene rings is 2. The lowest BCUT2D eigenvalue weighted by Gasteiger charge is -2.13. The molecule has 0 radical (unpaired) electrons. The molecule has 0 atom stereocenters. The molecule has 25 heavy (non-hydrogen) atoms. The first-order valence-electron chi connectivity index (χ1n) is 6.96. The highest BCUT2D eigenvalue weighted by Gasteiger charge is 2.33. The first-order chi connectivity index (χ1) is 11.5. The van der Waals surface area contributed by atoms with Crippen molar-refractivity contribution in [3.05, 3.63) is 64.7 Å². The second kappa shape index (κ2) is 6.85. The van der Waals surface area contributed by atoms with Gasteiger partial charge in [0.05, 0.1) is 16.0 Å². The lowest BCUT2D eigenvalue weighted by Crippen LogP contribution is -2.15. The van der Waals surface area contributed by atoms with Gasteiger partial charge in [-0.3, -0.25) is 0 Å². The van der Waals surface area contributed by atoms with Crippen LogP contribution < -0.4 is 5.14 Å². The number of alkyl halides is 3. The van der Waals surface area contributed by atoms with E-state index in [0.717, 1.165) is 12.1 Å². The Bertz CT molecular complexity index is 908. The molecular formula is C16H14F3NO4S. The fourth-order valence-corrected chi connectivity index (χ4v) is 2.68. The zero-order valence-electron chi connectivity index (χ0n) is 13.0. The molecule has 0 heterocycles. The van der Waals surface area contributed by atoms with Crippen LogP contribution in [0.3, 0.4) is 0 Å². The van der Waals surface area contributed by atoms with Crippen LogP contribution in [0.1, 0.15) is 27.0 Å². The maximum absolute atomic E-state index is 12.9. The third kappa shape index (κ3) is 4.58. The smallest absolute Gasteiger partial charge is 0.416 e. The number of hydrogen-bond donors (Lipinski definition) is 1. The van der Waals surface area contributed by atoms with E-state index in [4.69, 9.17) is 9.88 Å². The Labute approximate surface area is 142 Å². The van der Waals surface area contributed by atoms with Crippen molar-refractivity contribution in [2.45, 2.75) is 24.6 Å². The summed E-state index contributed by atoms with van der Waals surface area (Å²) in [6.45, 7) is 0.931. The maximum atomic E-state index is 12.9. The molecule has 0 amide bonds. The van der Waals surface area contributed by atoms with Crippen molar-refractivity contribution in [3.8, 4) is 0 Å². The Morgan fingerprint density at radius 3 is 2.40 bits per heavy atom. The molecule has 0 unspecified atom stereocenters. The van der Waals surface area contributed by atoms with Crippen LogP contribution in [0.2, 0.25) is 0 Å². The second-order valence-corrected chi connectivity index (χ2v) is 6.81. The van der Waals surface area contributed by atoms with Crippen molar-refractivity contribution in [1.82, 2.24) is 0 Å². The first-order valence-corrected chi connectivity index (χ1v) is 8.50. The van der Waals surface area contributed by atoms with Crippen molar-refractivity contribution < 1.29 is 31.1 Å². The topological polar surface area (TPSA) is 86.5 Å². The summed E-state index contributed by atoms with van der Waals surface area (Å²) in [5.41, 5.74) is -0.793. The van der Waals surface area contributed by atoms with Gasteiger partial charge in [-0.25, -0.2) is 18.4 Å². The van der Waals surface area contributed by atoms with Crippen LogP contribution in [0.15, 0.2) is 47.4 Å². The summed E-state index contributed by atoms with van der Waals surface area (Å²) in [6, 6.07) is 8.32. The number of nitrogens with two attached hydrogens (primary N) is 1. The molecule has 2 aromatic carbocycles. The third-order valence-corrected chi connectivity index (χ3v) is 4.35. The number of aryl methyl sites for hydroxylation is 1. The SMILES string of the molecule is Cc1ccc(S(N)(=O)=O)cc1C(=O)OCc1ccccc1C(F)(F)F. The summed E-state index contributed by atoms with van der Waals surface area (Å²) in [5.74, 6) is -0.944. The molecule has 0 saturated carbocycles. The lowest BCUT2D eigenvalue weighted by molar-refractivity contribution is -0.138. The number of primary sulfonamides is 1. The Hall–Kier alpha value is -2.39. The highest BCUT2D eigenvalue weighted by molar-refractivity contribution is 7.89. The number of hydrogen-bond acceptors (Lipinski definition) is 4. The minimum atomic E-state index is -4.58. The summed E-state index contributed by atoms with van der Waals surface area (Å²) < 4.78 is 66.4. The molecule has 0 aliphatic carbocycles. The fourth-order valence-electron chi connectivity index (χ4n) is 2.14. The normalized spacial score (nSPS) is 12.0. The zero-order chi connectivity index (χ0) is 18.8. The van der Waals surface area contributed by atoms with Gasteiger partial charge in [0, 0.05) is 5.56 Å². The van der Waals surface area contributed by atoms with Crippen molar-refractivity contribution in [3.63, 3.8) is 0 Å². The van der Waals surface area contributed by atoms with Crippen LogP contribution in [0.4, 0.5) is 13.2 Å². The molecule has 0 spiro atoms. The lowest BCUT2D eigenvalue weighted by atomic mass is 10.1. The van der Waals surface area contributed by atoms with E-state index in [1.807, 2.05) is 0 Å². The molecule has 0 fully saturated rings. The van der Waals surface area contributed by atoms with Gasteiger partial charge in [-0.1, -0.05) is 24.3 Å². The van der Waals surface area contributed by atoms with E-state index >= 15 is 0 Å². The number of ether oxygens (including phenoxy) is 1. The van der Waals surface area contributed by atoms with Crippen molar-refractivity contribution in [2.24, 2.45) is 5.14 Å². The number of carbonyl (C=O) groups is 1. The van der Waals surface area contributed by atoms with Crippen molar-refractivity contribution in [2.75, 3.05) is 0 Å². The van der Waals surface area contributed by atoms with Gasteiger partial charge in [0.25, 0.3) is 0 Å². The number of halogens is 3. The number of esters is 1. The first kappa shape index (κ1) is 18.9. The van der Waals surface area contributed by atoms with Crippen LogP contribution in [-0.2, 0) is 27.5 Å². The van der Waals surface area contributed by atoms with E-state index in [1.165, 1.54) is 37.3 Å². The summed E-state index contributed by atoms with van der Waals surface area (Å²) in [4.78, 5) is 11.8. The predicted molar refractivity (Wildman–Crippen MR) is 83.1 cm³/mol. The Morgan fingerprint density at radius 1 is 1.16 bits per heavy atom. The van der Waals surface area contributed by atoms with Gasteiger partial charge in [0.15, 0.2) is 0 Å². The highest BCUT2D eigenvalue weighted by Crippen LogP contribution is 2.32. The van der Waals surface area contributed by atoms with Gasteiger partial charge in [0.2, 0.25) is 10.0 Å². The van der Waals surface area contributed by atoms with Crippen LogP contribution in [0, 0.1) is 6.92 Å². The van der Waals surface area contributed by atoms with Crippen LogP contribution in [0.25, 0.3) is 0 Å². The average molecular weight is 373 g/mol. The quantitative estimate of drug-likeness (QED) is 0.835. The van der Waals surface area contributed by atoms with Crippen LogP contribution >= 0.6 is 0 Å². The molecular weight excluding hydrogens is 359 g/mol. The molecule has 134 valence electrons. The Kier molecular flexibility index (Phi) is 5.19. The van der Waals surface area contributed by atoms with Crippen molar-refractivity contribution >= 4 is 16.0 Å². The molecule has 2 aromatic rings.